The average Bonchev–Trinajstić information content (AvgIpc) is 1.84. The third-order valence-electron chi connectivity index (χ3n) is 1.05. The van der Waals surface area contributed by atoms with Gasteiger partial charge in [0.05, 0.1) is 5.29 Å². The third kappa shape index (κ3) is 1.73. The second kappa shape index (κ2) is 3.18. The molecular weight excluding hydrogens is 104 g/mol. The van der Waals surface area contributed by atoms with Gasteiger partial charge in [0, 0.05) is 12.7 Å². The van der Waals surface area contributed by atoms with Crippen molar-refractivity contribution in [3.8, 4) is 0 Å². The number of hydrogen-bond acceptors (Lipinski definition) is 2. The summed E-state index contributed by atoms with van der Waals surface area (Å²) >= 11 is 0. The highest BCUT2D eigenvalue weighted by molar-refractivity contribution is 4.91. The number of nitrogens with zero attached hydrogens (tertiary/aromatic N) is 2. The van der Waals surface area contributed by atoms with Crippen molar-refractivity contribution in [3.63, 3.8) is 0 Å². The van der Waals surface area contributed by atoms with Crippen LogP contribution < -0.4 is 0 Å². The first kappa shape index (κ1) is 7.14. The van der Waals surface area contributed by atoms with E-state index < -0.39 is 0 Å². The summed E-state index contributed by atoms with van der Waals surface area (Å²) in [6, 6.07) is 0. The summed E-state index contributed by atoms with van der Waals surface area (Å²) in [5.41, 5.74) is 0.861. The normalized spacial score (nSPS) is 11.1. The predicted octanol–water partition coefficient (Wildman–Crippen LogP) is 1.52. The van der Waals surface area contributed by atoms with Crippen LogP contribution in [0, 0.1) is 4.91 Å². The summed E-state index contributed by atoms with van der Waals surface area (Å²) in [7, 11) is 1.61. The van der Waals surface area contributed by atoms with Crippen LogP contribution in [-0.2, 0) is 0 Å². The zero-order chi connectivity index (χ0) is 6.57. The van der Waals surface area contributed by atoms with Crippen LogP contribution in [0.25, 0.3) is 0 Å². The van der Waals surface area contributed by atoms with Crippen LogP contribution in [0.3, 0.4) is 0 Å². The molecule has 46 valence electrons. The van der Waals surface area contributed by atoms with Crippen LogP contribution in [0.1, 0.15) is 13.8 Å². The quantitative estimate of drug-likeness (QED) is 0.402. The van der Waals surface area contributed by atoms with Gasteiger partial charge in [-0.1, -0.05) is 6.08 Å². The van der Waals surface area contributed by atoms with E-state index in [0.29, 0.717) is 0 Å². The molecule has 0 saturated heterocycles. The van der Waals surface area contributed by atoms with Crippen molar-refractivity contribution in [2.45, 2.75) is 13.8 Å². The second-order valence-electron chi connectivity index (χ2n) is 1.54. The van der Waals surface area contributed by atoms with Gasteiger partial charge in [-0.2, -0.15) is 0 Å². The Morgan fingerprint density at radius 3 is 2.38 bits per heavy atom. The number of nitroso groups, excluding NO2 is 1. The second-order valence-corrected chi connectivity index (χ2v) is 1.54. The summed E-state index contributed by atoms with van der Waals surface area (Å²) in [6.07, 6.45) is 1.82. The molecule has 0 heterocycles. The summed E-state index contributed by atoms with van der Waals surface area (Å²) in [5.74, 6) is 0. The van der Waals surface area contributed by atoms with Gasteiger partial charge < -0.3 is 0 Å². The van der Waals surface area contributed by atoms with Gasteiger partial charge in [0.15, 0.2) is 0 Å². The molecule has 0 fully saturated rings. The maximum Gasteiger partial charge on any atom is 0.0568 e. The zero-order valence-electron chi connectivity index (χ0n) is 5.38. The maximum atomic E-state index is 9.74. The van der Waals surface area contributed by atoms with E-state index in [1.165, 1.54) is 5.01 Å². The van der Waals surface area contributed by atoms with Crippen LogP contribution >= 0.6 is 0 Å². The Hall–Kier alpha value is -0.860. The summed E-state index contributed by atoms with van der Waals surface area (Å²) < 4.78 is 0. The fourth-order valence-corrected chi connectivity index (χ4v) is 0.251. The van der Waals surface area contributed by atoms with Gasteiger partial charge in [0.2, 0.25) is 0 Å². The molecular formula is C5H10N2O. The first-order valence-electron chi connectivity index (χ1n) is 2.42. The SMILES string of the molecule is C/C=C(\C)N(C)N=O. The predicted molar refractivity (Wildman–Crippen MR) is 33.0 cm³/mol. The summed E-state index contributed by atoms with van der Waals surface area (Å²) in [6.45, 7) is 3.68. The molecule has 0 radical (unpaired) electrons. The van der Waals surface area contributed by atoms with Crippen molar-refractivity contribution in [2.24, 2.45) is 5.29 Å². The zero-order valence-corrected chi connectivity index (χ0v) is 5.38. The van der Waals surface area contributed by atoms with Crippen molar-refractivity contribution in [2.75, 3.05) is 7.05 Å². The van der Waals surface area contributed by atoms with E-state index >= 15 is 0 Å². The number of rotatable bonds is 2. The van der Waals surface area contributed by atoms with Gasteiger partial charge in [-0.05, 0) is 13.8 Å². The minimum Gasteiger partial charge on any atom is -0.237 e. The van der Waals surface area contributed by atoms with Crippen molar-refractivity contribution in [1.82, 2.24) is 5.01 Å². The minimum absolute atomic E-state index is 0.861. The van der Waals surface area contributed by atoms with Crippen LogP contribution in [0.5, 0.6) is 0 Å². The molecule has 0 spiro atoms. The first-order chi connectivity index (χ1) is 3.72. The standard InChI is InChI=1S/C5H10N2O/c1-4-5(2)7(3)6-8/h4H,1-3H3/b5-4+. The Morgan fingerprint density at radius 1 is 1.75 bits per heavy atom. The molecule has 0 atom stereocenters. The molecule has 0 N–H and O–H groups in total. The largest absolute Gasteiger partial charge is 0.237 e. The molecule has 0 aromatic heterocycles. The lowest BCUT2D eigenvalue weighted by Gasteiger charge is -2.05. The van der Waals surface area contributed by atoms with Gasteiger partial charge >= 0.3 is 0 Å². The van der Waals surface area contributed by atoms with E-state index in [4.69, 9.17) is 0 Å². The summed E-state index contributed by atoms with van der Waals surface area (Å²) in [4.78, 5) is 9.74. The Bertz CT molecular complexity index is 109. The molecule has 0 bridgehead atoms. The van der Waals surface area contributed by atoms with E-state index in [0.717, 1.165) is 5.70 Å². The lowest BCUT2D eigenvalue weighted by Crippen LogP contribution is -2.05. The molecule has 0 aromatic carbocycles. The van der Waals surface area contributed by atoms with E-state index in [9.17, 15) is 4.91 Å². The van der Waals surface area contributed by atoms with Gasteiger partial charge in [-0.15, -0.1) is 4.91 Å². The van der Waals surface area contributed by atoms with E-state index in [2.05, 4.69) is 5.29 Å². The van der Waals surface area contributed by atoms with Crippen molar-refractivity contribution < 1.29 is 0 Å². The van der Waals surface area contributed by atoms with Gasteiger partial charge in [0.1, 0.15) is 0 Å². The third-order valence-corrected chi connectivity index (χ3v) is 1.05. The fourth-order valence-electron chi connectivity index (χ4n) is 0.251. The number of hydrogen-bond donors (Lipinski definition) is 0. The first-order valence-corrected chi connectivity index (χ1v) is 2.42. The molecule has 3 heteroatoms. The Balaban J connectivity index is 3.81. The Labute approximate surface area is 48.9 Å². The molecule has 8 heavy (non-hydrogen) atoms. The van der Waals surface area contributed by atoms with Crippen LogP contribution in [0.2, 0.25) is 0 Å². The van der Waals surface area contributed by atoms with Gasteiger partial charge in [0.25, 0.3) is 0 Å². The highest BCUT2D eigenvalue weighted by Gasteiger charge is 1.91. The van der Waals surface area contributed by atoms with Crippen molar-refractivity contribution in [3.05, 3.63) is 16.7 Å². The topological polar surface area (TPSA) is 32.7 Å². The summed E-state index contributed by atoms with van der Waals surface area (Å²) in [5, 5.41) is 3.95. The van der Waals surface area contributed by atoms with Crippen LogP contribution in [0.15, 0.2) is 17.1 Å². The fraction of sp³-hybridized carbons (Fsp3) is 0.600. The molecule has 0 unspecified atom stereocenters. The molecule has 0 rings (SSSR count). The van der Waals surface area contributed by atoms with Gasteiger partial charge in [-0.25, -0.2) is 5.01 Å². The molecule has 0 aliphatic carbocycles. The average molecular weight is 114 g/mol. The smallest absolute Gasteiger partial charge is 0.0568 e. The monoisotopic (exact) mass is 114 g/mol. The van der Waals surface area contributed by atoms with Crippen LogP contribution in [-0.4, -0.2) is 12.1 Å². The lowest BCUT2D eigenvalue weighted by atomic mass is 10.4. The van der Waals surface area contributed by atoms with Crippen LogP contribution in [0.4, 0.5) is 0 Å². The number of allylic oxidation sites excluding steroid dienone is 2. The molecule has 0 aliphatic heterocycles. The Morgan fingerprint density at radius 2 is 2.25 bits per heavy atom. The van der Waals surface area contributed by atoms with E-state index in [1.807, 2.05) is 19.9 Å². The maximum absolute atomic E-state index is 9.74. The highest BCUT2D eigenvalue weighted by atomic mass is 16.3. The molecule has 0 amide bonds. The van der Waals surface area contributed by atoms with E-state index in [-0.39, 0.29) is 0 Å². The van der Waals surface area contributed by atoms with Crippen molar-refractivity contribution in [1.29, 1.82) is 0 Å². The van der Waals surface area contributed by atoms with Crippen molar-refractivity contribution >= 4 is 0 Å². The highest BCUT2D eigenvalue weighted by Crippen LogP contribution is 1.97. The van der Waals surface area contributed by atoms with E-state index in [1.54, 1.807) is 7.05 Å². The lowest BCUT2D eigenvalue weighted by molar-refractivity contribution is 0.440. The molecule has 0 saturated carbocycles. The molecule has 0 aliphatic rings. The Kier molecular flexibility index (Phi) is 2.84. The minimum atomic E-state index is 0.861. The molecule has 3 nitrogen and oxygen atoms in total. The molecule has 0 aromatic rings. The van der Waals surface area contributed by atoms with Gasteiger partial charge in [-0.3, -0.25) is 0 Å².